The second-order valence-corrected chi connectivity index (χ2v) is 8.36. The van der Waals surface area contributed by atoms with Crippen LogP contribution in [0.1, 0.15) is 22.2 Å². The number of hydrogen-bond acceptors (Lipinski definition) is 5. The molecule has 1 aromatic heterocycles. The van der Waals surface area contributed by atoms with Gasteiger partial charge in [-0.3, -0.25) is 4.79 Å². The molecule has 0 aliphatic heterocycles. The number of aryl methyl sites for hydroxylation is 1. The molecule has 0 bridgehead atoms. The zero-order chi connectivity index (χ0) is 19.1. The minimum Gasteiger partial charge on any atom is -0.465 e. The molecule has 26 heavy (non-hydrogen) atoms. The van der Waals surface area contributed by atoms with Crippen molar-refractivity contribution in [2.45, 2.75) is 13.3 Å². The van der Waals surface area contributed by atoms with E-state index in [9.17, 15) is 9.59 Å². The van der Waals surface area contributed by atoms with Crippen molar-refractivity contribution in [2.75, 3.05) is 23.9 Å². The molecule has 1 aromatic carbocycles. The molecule has 0 aliphatic carbocycles. The number of carbonyl (C=O) groups excluding carboxylic acids is 2. The third kappa shape index (κ3) is 4.99. The summed E-state index contributed by atoms with van der Waals surface area (Å²) in [5, 5.41) is 3.41. The Morgan fingerprint density at radius 1 is 1.35 bits per heavy atom. The Labute approximate surface area is 170 Å². The van der Waals surface area contributed by atoms with E-state index in [1.807, 2.05) is 31.2 Å². The zero-order valence-electron chi connectivity index (χ0n) is 14.6. The Balaban J connectivity index is 2.45. The standard InChI is InChI=1S/C19H20BrNO3S2/c1-4-10-25-11-15(22)21-18-17(19(23)24-3)16(14(5-2)26-18)12-6-8-13(20)9-7-12/h4,6-9H,1,5,10-11H2,2-3H3,(H,21,22). The molecule has 4 nitrogen and oxygen atoms in total. The molecule has 0 aliphatic rings. The first-order chi connectivity index (χ1) is 12.5. The third-order valence-electron chi connectivity index (χ3n) is 3.55. The lowest BCUT2D eigenvalue weighted by Crippen LogP contribution is -2.16. The SMILES string of the molecule is C=CCSCC(=O)Nc1sc(CC)c(-c2ccc(Br)cc2)c1C(=O)OC. The molecule has 0 fully saturated rings. The lowest BCUT2D eigenvalue weighted by molar-refractivity contribution is -0.113. The van der Waals surface area contributed by atoms with Gasteiger partial charge in [0, 0.05) is 20.7 Å². The van der Waals surface area contributed by atoms with E-state index in [0.29, 0.717) is 22.1 Å². The van der Waals surface area contributed by atoms with E-state index in [-0.39, 0.29) is 5.91 Å². The lowest BCUT2D eigenvalue weighted by Gasteiger charge is -2.08. The summed E-state index contributed by atoms with van der Waals surface area (Å²) in [6, 6.07) is 7.75. The fraction of sp³-hybridized carbons (Fsp3) is 0.263. The second-order valence-electron chi connectivity index (χ2n) is 5.31. The van der Waals surface area contributed by atoms with Gasteiger partial charge in [-0.25, -0.2) is 4.79 Å². The van der Waals surface area contributed by atoms with Crippen LogP contribution in [0.5, 0.6) is 0 Å². The molecule has 2 rings (SSSR count). The predicted molar refractivity (Wildman–Crippen MR) is 114 cm³/mol. The van der Waals surface area contributed by atoms with Crippen LogP contribution in [0.2, 0.25) is 0 Å². The van der Waals surface area contributed by atoms with Gasteiger partial charge in [0.2, 0.25) is 5.91 Å². The Bertz CT molecular complexity index is 800. The number of ether oxygens (including phenoxy) is 1. The van der Waals surface area contributed by atoms with E-state index in [2.05, 4.69) is 27.8 Å². The number of carbonyl (C=O) groups is 2. The maximum Gasteiger partial charge on any atom is 0.341 e. The van der Waals surface area contributed by atoms with E-state index in [1.165, 1.54) is 30.2 Å². The van der Waals surface area contributed by atoms with Gasteiger partial charge in [0.05, 0.1) is 12.9 Å². The lowest BCUT2D eigenvalue weighted by atomic mass is 10.0. The van der Waals surface area contributed by atoms with Gasteiger partial charge in [0.15, 0.2) is 0 Å². The van der Waals surface area contributed by atoms with Crippen molar-refractivity contribution in [3.05, 3.63) is 51.8 Å². The van der Waals surface area contributed by atoms with Crippen LogP contribution in [-0.4, -0.2) is 30.5 Å². The molecule has 138 valence electrons. The summed E-state index contributed by atoms with van der Waals surface area (Å²) in [6.07, 6.45) is 2.50. The molecule has 1 heterocycles. The van der Waals surface area contributed by atoms with Gasteiger partial charge in [-0.05, 0) is 24.1 Å². The van der Waals surface area contributed by atoms with Crippen molar-refractivity contribution in [3.8, 4) is 11.1 Å². The molecule has 1 N–H and O–H groups in total. The topological polar surface area (TPSA) is 55.4 Å². The normalized spacial score (nSPS) is 10.4. The van der Waals surface area contributed by atoms with Crippen LogP contribution in [0.4, 0.5) is 5.00 Å². The average molecular weight is 454 g/mol. The van der Waals surface area contributed by atoms with Crippen molar-refractivity contribution in [1.29, 1.82) is 0 Å². The monoisotopic (exact) mass is 453 g/mol. The summed E-state index contributed by atoms with van der Waals surface area (Å²) < 4.78 is 5.95. The van der Waals surface area contributed by atoms with Crippen molar-refractivity contribution in [2.24, 2.45) is 0 Å². The van der Waals surface area contributed by atoms with Gasteiger partial charge in [-0.2, -0.15) is 0 Å². The summed E-state index contributed by atoms with van der Waals surface area (Å²) in [7, 11) is 1.35. The molecule has 0 saturated carbocycles. The van der Waals surface area contributed by atoms with Gasteiger partial charge in [-0.15, -0.1) is 29.7 Å². The second kappa shape index (κ2) is 9.94. The summed E-state index contributed by atoms with van der Waals surface area (Å²) in [4.78, 5) is 25.7. The van der Waals surface area contributed by atoms with Crippen LogP contribution >= 0.6 is 39.0 Å². The molecular formula is C19H20BrNO3S2. The van der Waals surface area contributed by atoms with Crippen LogP contribution in [-0.2, 0) is 16.0 Å². The minimum absolute atomic E-state index is 0.145. The highest BCUT2D eigenvalue weighted by atomic mass is 79.9. The Morgan fingerprint density at radius 2 is 2.04 bits per heavy atom. The predicted octanol–water partition coefficient (Wildman–Crippen LogP) is 5.38. The van der Waals surface area contributed by atoms with E-state index in [0.717, 1.165) is 26.9 Å². The molecule has 7 heteroatoms. The zero-order valence-corrected chi connectivity index (χ0v) is 17.9. The van der Waals surface area contributed by atoms with Crippen molar-refractivity contribution in [1.82, 2.24) is 0 Å². The Kier molecular flexibility index (Phi) is 7.93. The van der Waals surface area contributed by atoms with Crippen molar-refractivity contribution >= 4 is 55.9 Å². The quantitative estimate of drug-likeness (QED) is 0.330. The maximum atomic E-state index is 12.5. The molecule has 0 spiro atoms. The number of esters is 1. The summed E-state index contributed by atoms with van der Waals surface area (Å²) in [6.45, 7) is 5.67. The smallest absolute Gasteiger partial charge is 0.341 e. The number of nitrogens with one attached hydrogen (secondary N) is 1. The van der Waals surface area contributed by atoms with Crippen LogP contribution in [0.3, 0.4) is 0 Å². The first kappa shape index (κ1) is 20.7. The number of thioether (sulfide) groups is 1. The highest BCUT2D eigenvalue weighted by Crippen LogP contribution is 2.41. The van der Waals surface area contributed by atoms with Crippen molar-refractivity contribution < 1.29 is 14.3 Å². The van der Waals surface area contributed by atoms with Gasteiger partial charge in [-0.1, -0.05) is 41.1 Å². The van der Waals surface area contributed by atoms with Gasteiger partial charge >= 0.3 is 5.97 Å². The summed E-state index contributed by atoms with van der Waals surface area (Å²) in [5.74, 6) is 0.410. The fourth-order valence-corrected chi connectivity index (χ4v) is 4.40. The maximum absolute atomic E-state index is 12.5. The highest BCUT2D eigenvalue weighted by Gasteiger charge is 2.25. The summed E-state index contributed by atoms with van der Waals surface area (Å²) in [5.41, 5.74) is 2.16. The highest BCUT2D eigenvalue weighted by molar-refractivity contribution is 9.10. The number of halogens is 1. The van der Waals surface area contributed by atoms with Crippen molar-refractivity contribution in [3.63, 3.8) is 0 Å². The molecule has 0 unspecified atom stereocenters. The minimum atomic E-state index is -0.451. The average Bonchev–Trinajstić information content (AvgIpc) is 3.00. The number of amides is 1. The van der Waals surface area contributed by atoms with E-state index >= 15 is 0 Å². The number of rotatable bonds is 8. The number of benzene rings is 1. The molecular weight excluding hydrogens is 434 g/mol. The number of methoxy groups -OCH3 is 1. The van der Waals surface area contributed by atoms with Crippen LogP contribution in [0.15, 0.2) is 41.4 Å². The fourth-order valence-electron chi connectivity index (χ4n) is 2.43. The molecule has 0 saturated heterocycles. The van der Waals surface area contributed by atoms with E-state index < -0.39 is 5.97 Å². The molecule has 0 radical (unpaired) electrons. The van der Waals surface area contributed by atoms with E-state index in [4.69, 9.17) is 4.74 Å². The van der Waals surface area contributed by atoms with Crippen LogP contribution in [0, 0.1) is 0 Å². The first-order valence-corrected chi connectivity index (χ1v) is 10.8. The van der Waals surface area contributed by atoms with Crippen LogP contribution in [0.25, 0.3) is 11.1 Å². The number of thiophene rings is 1. The number of hydrogen-bond donors (Lipinski definition) is 1. The summed E-state index contributed by atoms with van der Waals surface area (Å²) >= 11 is 6.32. The number of anilines is 1. The van der Waals surface area contributed by atoms with Gasteiger partial charge in [0.1, 0.15) is 10.6 Å². The molecule has 0 atom stereocenters. The molecule has 2 aromatic rings. The van der Waals surface area contributed by atoms with Gasteiger partial charge in [0.25, 0.3) is 0 Å². The first-order valence-electron chi connectivity index (χ1n) is 8.00. The molecule has 1 amide bonds. The van der Waals surface area contributed by atoms with E-state index in [1.54, 1.807) is 6.08 Å². The van der Waals surface area contributed by atoms with Crippen LogP contribution < -0.4 is 5.32 Å². The third-order valence-corrected chi connectivity index (χ3v) is 6.26. The Morgan fingerprint density at radius 3 is 2.62 bits per heavy atom. The Hall–Kier alpha value is -1.57. The van der Waals surface area contributed by atoms with Gasteiger partial charge < -0.3 is 10.1 Å². The largest absolute Gasteiger partial charge is 0.465 e.